The van der Waals surface area contributed by atoms with E-state index < -0.39 is 37.0 Å². The molecule has 0 bridgehead atoms. The molecule has 6 N–H and O–H groups in total. The van der Waals surface area contributed by atoms with Crippen molar-refractivity contribution in [3.63, 3.8) is 0 Å². The number of carboxylic acid groups (broad SMARTS) is 2. The van der Waals surface area contributed by atoms with E-state index >= 15 is 0 Å². The normalized spacial score (nSPS) is 12.1. The lowest BCUT2D eigenvalue weighted by Crippen LogP contribution is -2.42. The number of nitrogens with two attached hydrogens (primary N) is 2. The monoisotopic (exact) mass is 281 g/mol. The number of primary amides is 1. The molecule has 0 spiro atoms. The fourth-order valence-corrected chi connectivity index (χ4v) is 1.80. The zero-order chi connectivity index (χ0) is 15.3. The van der Waals surface area contributed by atoms with Crippen molar-refractivity contribution in [3.8, 4) is 0 Å². The third-order valence-corrected chi connectivity index (χ3v) is 2.55. The quantitative estimate of drug-likeness (QED) is 0.481. The largest absolute Gasteiger partial charge is 0.480 e. The standard InChI is InChI=1S/C12H15N3O5/c13-8-3-1-7(2-4-8)11(12(19)20)15(5-9(14)16)6-10(17)18/h1-4,11H,5-6,13H2,(H2,14,16)(H,17,18)(H,19,20). The Labute approximate surface area is 114 Å². The SMILES string of the molecule is NC(=O)CN(CC(=O)O)C(C(=O)O)c1ccc(N)cc1. The van der Waals surface area contributed by atoms with Gasteiger partial charge in [0.15, 0.2) is 0 Å². The minimum Gasteiger partial charge on any atom is -0.480 e. The van der Waals surface area contributed by atoms with Crippen molar-refractivity contribution in [2.75, 3.05) is 18.8 Å². The fraction of sp³-hybridized carbons (Fsp3) is 0.250. The number of anilines is 1. The van der Waals surface area contributed by atoms with E-state index in [-0.39, 0.29) is 0 Å². The molecule has 1 amide bonds. The number of nitrogens with zero attached hydrogens (tertiary/aromatic N) is 1. The number of amides is 1. The van der Waals surface area contributed by atoms with E-state index in [4.69, 9.17) is 16.6 Å². The minimum absolute atomic E-state index is 0.314. The summed E-state index contributed by atoms with van der Waals surface area (Å²) in [6.45, 7) is -1.10. The van der Waals surface area contributed by atoms with Crippen molar-refractivity contribution >= 4 is 23.5 Å². The van der Waals surface area contributed by atoms with Crippen molar-refractivity contribution in [1.29, 1.82) is 0 Å². The van der Waals surface area contributed by atoms with Gasteiger partial charge in [-0.3, -0.25) is 19.3 Å². The number of aliphatic carboxylic acids is 2. The van der Waals surface area contributed by atoms with Gasteiger partial charge in [0.2, 0.25) is 5.91 Å². The van der Waals surface area contributed by atoms with Crippen LogP contribution in [0.5, 0.6) is 0 Å². The van der Waals surface area contributed by atoms with E-state index in [0.717, 1.165) is 4.90 Å². The molecule has 0 saturated heterocycles. The summed E-state index contributed by atoms with van der Waals surface area (Å²) in [4.78, 5) is 34.1. The number of rotatable bonds is 7. The molecule has 1 aromatic carbocycles. The van der Waals surface area contributed by atoms with E-state index in [2.05, 4.69) is 0 Å². The predicted molar refractivity (Wildman–Crippen MR) is 69.6 cm³/mol. The van der Waals surface area contributed by atoms with Gasteiger partial charge in [-0.05, 0) is 17.7 Å². The lowest BCUT2D eigenvalue weighted by atomic mass is 10.0. The summed E-state index contributed by atoms with van der Waals surface area (Å²) in [5.41, 5.74) is 11.3. The van der Waals surface area contributed by atoms with Gasteiger partial charge in [0, 0.05) is 5.69 Å². The van der Waals surface area contributed by atoms with Crippen LogP contribution in [0.4, 0.5) is 5.69 Å². The molecule has 20 heavy (non-hydrogen) atoms. The van der Waals surface area contributed by atoms with Gasteiger partial charge in [0.05, 0.1) is 13.1 Å². The summed E-state index contributed by atoms with van der Waals surface area (Å²) in [6, 6.07) is 4.62. The minimum atomic E-state index is -1.29. The lowest BCUT2D eigenvalue weighted by molar-refractivity contribution is -0.147. The highest BCUT2D eigenvalue weighted by atomic mass is 16.4. The Morgan fingerprint density at radius 2 is 1.65 bits per heavy atom. The summed E-state index contributed by atoms with van der Waals surface area (Å²) in [5.74, 6) is -3.35. The van der Waals surface area contributed by atoms with E-state index in [1.807, 2.05) is 0 Å². The highest BCUT2D eigenvalue weighted by Gasteiger charge is 2.29. The topological polar surface area (TPSA) is 147 Å². The molecule has 0 saturated carbocycles. The Morgan fingerprint density at radius 1 is 1.10 bits per heavy atom. The summed E-state index contributed by atoms with van der Waals surface area (Å²) in [5, 5.41) is 18.1. The molecule has 1 unspecified atom stereocenters. The molecule has 0 aromatic heterocycles. The van der Waals surface area contributed by atoms with Gasteiger partial charge in [-0.1, -0.05) is 12.1 Å². The summed E-state index contributed by atoms with van der Waals surface area (Å²) in [6.07, 6.45) is 0. The number of hydrogen-bond donors (Lipinski definition) is 4. The van der Waals surface area contributed by atoms with Crippen LogP contribution in [0.15, 0.2) is 24.3 Å². The smallest absolute Gasteiger partial charge is 0.325 e. The number of nitrogen functional groups attached to an aromatic ring is 1. The van der Waals surface area contributed by atoms with Crippen molar-refractivity contribution < 1.29 is 24.6 Å². The molecule has 1 rings (SSSR count). The molecular formula is C12H15N3O5. The molecule has 8 heteroatoms. The molecule has 0 aliphatic heterocycles. The summed E-state index contributed by atoms with van der Waals surface area (Å²) in [7, 11) is 0. The average molecular weight is 281 g/mol. The zero-order valence-corrected chi connectivity index (χ0v) is 10.5. The lowest BCUT2D eigenvalue weighted by Gasteiger charge is -2.26. The van der Waals surface area contributed by atoms with Crippen LogP contribution in [0.1, 0.15) is 11.6 Å². The number of hydrogen-bond acceptors (Lipinski definition) is 5. The van der Waals surface area contributed by atoms with Crippen molar-refractivity contribution in [3.05, 3.63) is 29.8 Å². The Morgan fingerprint density at radius 3 is 2.05 bits per heavy atom. The Hall–Kier alpha value is -2.61. The first-order valence-corrected chi connectivity index (χ1v) is 5.63. The van der Waals surface area contributed by atoms with Crippen LogP contribution in [-0.2, 0) is 14.4 Å². The van der Waals surface area contributed by atoms with Crippen LogP contribution in [0, 0.1) is 0 Å². The summed E-state index contributed by atoms with van der Waals surface area (Å²) >= 11 is 0. The molecule has 1 atom stereocenters. The van der Waals surface area contributed by atoms with Gasteiger partial charge in [0.25, 0.3) is 0 Å². The van der Waals surface area contributed by atoms with Gasteiger partial charge in [-0.15, -0.1) is 0 Å². The second kappa shape index (κ2) is 6.53. The number of carbonyl (C=O) groups is 3. The van der Waals surface area contributed by atoms with Crippen LogP contribution >= 0.6 is 0 Å². The van der Waals surface area contributed by atoms with Crippen LogP contribution in [0.25, 0.3) is 0 Å². The van der Waals surface area contributed by atoms with E-state index in [9.17, 15) is 19.5 Å². The Kier molecular flexibility index (Phi) is 5.04. The molecule has 0 radical (unpaired) electrons. The maximum atomic E-state index is 11.4. The zero-order valence-electron chi connectivity index (χ0n) is 10.5. The van der Waals surface area contributed by atoms with Crippen LogP contribution in [0.3, 0.4) is 0 Å². The van der Waals surface area contributed by atoms with Crippen molar-refractivity contribution in [2.45, 2.75) is 6.04 Å². The molecule has 0 fully saturated rings. The highest BCUT2D eigenvalue weighted by Crippen LogP contribution is 2.22. The van der Waals surface area contributed by atoms with Gasteiger partial charge >= 0.3 is 11.9 Å². The molecule has 0 heterocycles. The van der Waals surface area contributed by atoms with Crippen LogP contribution in [-0.4, -0.2) is 46.0 Å². The molecule has 1 aromatic rings. The average Bonchev–Trinajstić information content (AvgIpc) is 2.29. The fourth-order valence-electron chi connectivity index (χ4n) is 1.80. The molecule has 108 valence electrons. The maximum Gasteiger partial charge on any atom is 0.325 e. The molecule has 0 aliphatic rings. The number of carboxylic acids is 2. The summed E-state index contributed by atoms with van der Waals surface area (Å²) < 4.78 is 0. The number of carbonyl (C=O) groups excluding carboxylic acids is 1. The van der Waals surface area contributed by atoms with Crippen molar-refractivity contribution in [2.24, 2.45) is 5.73 Å². The Bertz CT molecular complexity index is 498. The first kappa shape index (κ1) is 15.4. The van der Waals surface area contributed by atoms with Crippen LogP contribution < -0.4 is 11.5 Å². The Balaban J connectivity index is 3.12. The third kappa shape index (κ3) is 4.25. The van der Waals surface area contributed by atoms with Gasteiger partial charge < -0.3 is 21.7 Å². The molecule has 8 nitrogen and oxygen atoms in total. The second-order valence-electron chi connectivity index (χ2n) is 4.17. The van der Waals surface area contributed by atoms with E-state index in [1.165, 1.54) is 24.3 Å². The molecular weight excluding hydrogens is 266 g/mol. The van der Waals surface area contributed by atoms with Crippen LogP contribution in [0.2, 0.25) is 0 Å². The van der Waals surface area contributed by atoms with E-state index in [0.29, 0.717) is 11.3 Å². The highest BCUT2D eigenvalue weighted by molar-refractivity contribution is 5.81. The predicted octanol–water partition coefficient (Wildman–Crippen LogP) is -0.734. The maximum absolute atomic E-state index is 11.4. The van der Waals surface area contributed by atoms with Gasteiger partial charge in [-0.2, -0.15) is 0 Å². The van der Waals surface area contributed by atoms with Gasteiger partial charge in [0.1, 0.15) is 6.04 Å². The first-order valence-electron chi connectivity index (χ1n) is 5.63. The van der Waals surface area contributed by atoms with Gasteiger partial charge in [-0.25, -0.2) is 0 Å². The third-order valence-electron chi connectivity index (χ3n) is 2.55. The molecule has 0 aliphatic carbocycles. The van der Waals surface area contributed by atoms with Crippen molar-refractivity contribution in [1.82, 2.24) is 4.90 Å². The number of benzene rings is 1. The van der Waals surface area contributed by atoms with E-state index in [1.54, 1.807) is 0 Å². The second-order valence-corrected chi connectivity index (χ2v) is 4.17. The first-order chi connectivity index (χ1) is 9.31.